The summed E-state index contributed by atoms with van der Waals surface area (Å²) in [6.45, 7) is 1.15. The van der Waals surface area contributed by atoms with E-state index < -0.39 is 0 Å². The predicted octanol–water partition coefficient (Wildman–Crippen LogP) is -1.87. The van der Waals surface area contributed by atoms with Crippen LogP contribution in [0, 0.1) is 0 Å². The molecule has 0 spiro atoms. The Labute approximate surface area is 88.0 Å². The number of aromatic nitrogens is 4. The third-order valence-electron chi connectivity index (χ3n) is 3.05. The summed E-state index contributed by atoms with van der Waals surface area (Å²) in [5.41, 5.74) is 1.03. The van der Waals surface area contributed by atoms with Crippen molar-refractivity contribution in [2.24, 2.45) is 4.99 Å². The minimum Gasteiger partial charge on any atom is -0.281 e. The monoisotopic (exact) mass is 220 g/mol. The molecule has 1 N–H and O–H groups in total. The van der Waals surface area contributed by atoms with E-state index in [0.717, 1.165) is 0 Å². The molecule has 0 radical (unpaired) electrons. The average molecular weight is 220 g/mol. The van der Waals surface area contributed by atoms with Crippen molar-refractivity contribution in [3.05, 3.63) is 21.0 Å². The lowest BCUT2D eigenvalue weighted by Crippen LogP contribution is -2.41. The predicted molar refractivity (Wildman–Crippen MR) is 55.5 cm³/mol. The summed E-state index contributed by atoms with van der Waals surface area (Å²) >= 11 is 0. The highest BCUT2D eigenvalue weighted by molar-refractivity contribution is 5.79. The Bertz CT molecular complexity index is 747. The molecule has 0 amide bonds. The molecule has 0 bridgehead atoms. The maximum absolute atomic E-state index is 12.0. The number of hydrogen-bond donors (Lipinski definition) is 1. The van der Waals surface area contributed by atoms with Crippen LogP contribution in [0.2, 0.25) is 0 Å². The molecule has 0 atom stereocenters. The van der Waals surface area contributed by atoms with Crippen LogP contribution in [-0.2, 0) is 20.0 Å². The fraction of sp³-hybridized carbons (Fsp3) is 0.375. The van der Waals surface area contributed by atoms with Crippen LogP contribution in [0.3, 0.4) is 0 Å². The second-order valence-electron chi connectivity index (χ2n) is 3.87. The molecule has 2 aromatic heterocycles. The SMILES string of the molecule is O=c1n2c3c4n1CNCn4c(=O)n3CN=C2. The van der Waals surface area contributed by atoms with Crippen LogP contribution in [-0.4, -0.2) is 24.6 Å². The molecule has 2 aliphatic rings. The van der Waals surface area contributed by atoms with Crippen LogP contribution in [0.25, 0.3) is 11.3 Å². The second kappa shape index (κ2) is 2.35. The minimum atomic E-state index is -0.164. The highest BCUT2D eigenvalue weighted by Gasteiger charge is 2.27. The zero-order valence-electron chi connectivity index (χ0n) is 8.25. The molecular weight excluding hydrogens is 212 g/mol. The summed E-state index contributed by atoms with van der Waals surface area (Å²) in [5.74, 6) is 0. The van der Waals surface area contributed by atoms with Crippen molar-refractivity contribution in [1.82, 2.24) is 23.6 Å². The number of nitrogens with zero attached hydrogens (tertiary/aromatic N) is 5. The molecule has 16 heavy (non-hydrogen) atoms. The van der Waals surface area contributed by atoms with E-state index in [1.165, 1.54) is 15.5 Å². The van der Waals surface area contributed by atoms with Crippen LogP contribution in [0.1, 0.15) is 0 Å². The molecule has 4 heterocycles. The lowest BCUT2D eigenvalue weighted by atomic mass is 10.6. The molecule has 8 nitrogen and oxygen atoms in total. The number of rotatable bonds is 0. The smallest absolute Gasteiger partial charge is 0.281 e. The Balaban J connectivity index is 2.40. The first-order valence-electron chi connectivity index (χ1n) is 4.94. The minimum absolute atomic E-state index is 0.128. The van der Waals surface area contributed by atoms with Gasteiger partial charge >= 0.3 is 11.4 Å². The average Bonchev–Trinajstić information content (AvgIpc) is 2.78. The first-order valence-corrected chi connectivity index (χ1v) is 4.94. The van der Waals surface area contributed by atoms with E-state index in [9.17, 15) is 9.59 Å². The summed E-state index contributed by atoms with van der Waals surface area (Å²) in [6, 6.07) is 0. The Morgan fingerprint density at radius 3 is 2.62 bits per heavy atom. The van der Waals surface area contributed by atoms with Crippen molar-refractivity contribution in [2.45, 2.75) is 20.0 Å². The third-order valence-corrected chi connectivity index (χ3v) is 3.05. The largest absolute Gasteiger partial charge is 0.337 e. The van der Waals surface area contributed by atoms with Gasteiger partial charge < -0.3 is 0 Å². The van der Waals surface area contributed by atoms with Gasteiger partial charge in [-0.1, -0.05) is 0 Å². The fourth-order valence-electron chi connectivity index (χ4n) is 2.37. The first-order chi connectivity index (χ1) is 7.79. The van der Waals surface area contributed by atoms with Crippen molar-refractivity contribution < 1.29 is 0 Å². The fourth-order valence-corrected chi connectivity index (χ4v) is 2.37. The molecule has 8 heteroatoms. The Morgan fingerprint density at radius 2 is 1.81 bits per heavy atom. The van der Waals surface area contributed by atoms with Crippen LogP contribution < -0.4 is 16.7 Å². The topological polar surface area (TPSA) is 78.2 Å². The van der Waals surface area contributed by atoms with Gasteiger partial charge in [0.1, 0.15) is 13.0 Å². The van der Waals surface area contributed by atoms with Gasteiger partial charge in [0.15, 0.2) is 11.3 Å². The van der Waals surface area contributed by atoms with E-state index >= 15 is 0 Å². The molecule has 0 saturated carbocycles. The lowest BCUT2D eigenvalue weighted by molar-refractivity contribution is 0.429. The quantitative estimate of drug-likeness (QED) is 0.565. The molecule has 0 fully saturated rings. The zero-order chi connectivity index (χ0) is 10.9. The van der Waals surface area contributed by atoms with Gasteiger partial charge in [0.05, 0.1) is 13.3 Å². The summed E-state index contributed by atoms with van der Waals surface area (Å²) < 4.78 is 6.05. The normalized spacial score (nSPS) is 17.2. The zero-order valence-corrected chi connectivity index (χ0v) is 8.25. The number of imidazole rings is 2. The molecule has 0 aliphatic carbocycles. The van der Waals surface area contributed by atoms with Crippen LogP contribution in [0.4, 0.5) is 0 Å². The van der Waals surface area contributed by atoms with Gasteiger partial charge in [-0.05, 0) is 0 Å². The Hall–Kier alpha value is -2.09. The summed E-state index contributed by atoms with van der Waals surface area (Å²) in [7, 11) is 0. The molecular formula is C8H8N6O2. The number of hydrogen-bond acceptors (Lipinski definition) is 4. The summed E-state index contributed by atoms with van der Waals surface area (Å²) in [4.78, 5) is 27.9. The van der Waals surface area contributed by atoms with E-state index in [1.54, 1.807) is 9.13 Å². The van der Waals surface area contributed by atoms with Gasteiger partial charge in [-0.25, -0.2) is 14.2 Å². The van der Waals surface area contributed by atoms with Gasteiger partial charge in [0, 0.05) is 0 Å². The number of aliphatic imine (C=N–C) groups is 1. The van der Waals surface area contributed by atoms with E-state index in [1.807, 2.05) is 0 Å². The Kier molecular flexibility index (Phi) is 1.19. The van der Waals surface area contributed by atoms with Crippen LogP contribution >= 0.6 is 0 Å². The van der Waals surface area contributed by atoms with Gasteiger partial charge in [0.25, 0.3) is 0 Å². The summed E-state index contributed by atoms with van der Waals surface area (Å²) in [5, 5.41) is 3.01. The molecule has 0 unspecified atom stereocenters. The van der Waals surface area contributed by atoms with Crippen LogP contribution in [0.5, 0.6) is 0 Å². The Morgan fingerprint density at radius 1 is 1.06 bits per heavy atom. The van der Waals surface area contributed by atoms with Gasteiger partial charge in [-0.2, -0.15) is 0 Å². The molecule has 82 valence electrons. The van der Waals surface area contributed by atoms with Crippen molar-refractivity contribution in [1.29, 1.82) is 0 Å². The maximum Gasteiger partial charge on any atom is 0.337 e. The van der Waals surface area contributed by atoms with E-state index in [2.05, 4.69) is 10.3 Å². The summed E-state index contributed by atoms with van der Waals surface area (Å²) in [6.07, 6.45) is 1.48. The lowest BCUT2D eigenvalue weighted by Gasteiger charge is -2.13. The van der Waals surface area contributed by atoms with E-state index in [-0.39, 0.29) is 18.0 Å². The molecule has 4 rings (SSSR count). The second-order valence-corrected chi connectivity index (χ2v) is 3.87. The molecule has 0 aromatic carbocycles. The molecule has 0 saturated heterocycles. The molecule has 2 aromatic rings. The molecule has 2 aliphatic heterocycles. The van der Waals surface area contributed by atoms with Gasteiger partial charge in [-0.3, -0.25) is 24.0 Å². The van der Waals surface area contributed by atoms with Crippen molar-refractivity contribution >= 4 is 17.6 Å². The van der Waals surface area contributed by atoms with Crippen molar-refractivity contribution in [3.8, 4) is 0 Å². The highest BCUT2D eigenvalue weighted by atomic mass is 16.2. The first kappa shape index (κ1) is 8.11. The van der Waals surface area contributed by atoms with Gasteiger partial charge in [-0.15, -0.1) is 0 Å². The van der Waals surface area contributed by atoms with E-state index in [4.69, 9.17) is 0 Å². The van der Waals surface area contributed by atoms with Crippen molar-refractivity contribution in [2.75, 3.05) is 0 Å². The highest BCUT2D eigenvalue weighted by Crippen LogP contribution is 2.15. The van der Waals surface area contributed by atoms with E-state index in [0.29, 0.717) is 24.6 Å². The standard InChI is InChI=1S/C8H8N6O2/c15-7-11-1-9-2-12-5(11)6-13(7)3-10-4-14(6)8(12)16/h1,10H,2-4H2. The number of nitrogens with one attached hydrogen (secondary N) is 1. The van der Waals surface area contributed by atoms with Crippen LogP contribution in [0.15, 0.2) is 14.6 Å². The maximum atomic E-state index is 12.0. The third kappa shape index (κ3) is 0.673. The van der Waals surface area contributed by atoms with Gasteiger partial charge in [0.2, 0.25) is 0 Å². The van der Waals surface area contributed by atoms with Crippen molar-refractivity contribution in [3.63, 3.8) is 0 Å².